The average molecular weight is 543 g/mol. The minimum absolute atomic E-state index is 0. The number of hydrogen-bond donors (Lipinski definition) is 3. The minimum Gasteiger partial charge on any atom is -0.357 e. The smallest absolute Gasteiger partial charge is 0.191 e. The van der Waals surface area contributed by atoms with Gasteiger partial charge in [0.15, 0.2) is 11.8 Å². The number of nitrogens with one attached hydrogen (secondary N) is 3. The van der Waals surface area contributed by atoms with E-state index >= 15 is 0 Å². The van der Waals surface area contributed by atoms with Gasteiger partial charge < -0.3 is 10.6 Å². The molecule has 0 amide bonds. The number of hydrogen-bond acceptors (Lipinski definition) is 4. The van der Waals surface area contributed by atoms with Crippen molar-refractivity contribution in [3.63, 3.8) is 0 Å². The first-order chi connectivity index (χ1) is 13.7. The van der Waals surface area contributed by atoms with Crippen LogP contribution in [0.2, 0.25) is 5.02 Å². The summed E-state index contributed by atoms with van der Waals surface area (Å²) >= 11 is 7.70. The monoisotopic (exact) mass is 542 g/mol. The first-order valence-electron chi connectivity index (χ1n) is 9.10. The summed E-state index contributed by atoms with van der Waals surface area (Å²) in [6, 6.07) is 16.0. The van der Waals surface area contributed by atoms with Gasteiger partial charge in [-0.15, -0.1) is 35.7 Å². The molecule has 9 heteroatoms. The Morgan fingerprint density at radius 2 is 2.00 bits per heavy atom. The van der Waals surface area contributed by atoms with Gasteiger partial charge in [-0.05, 0) is 42.8 Å². The number of aromatic nitrogens is 3. The first-order valence-corrected chi connectivity index (χ1v) is 10.5. The summed E-state index contributed by atoms with van der Waals surface area (Å²) in [5.41, 5.74) is 2.11. The van der Waals surface area contributed by atoms with Crippen LogP contribution in [0.5, 0.6) is 0 Å². The fourth-order valence-corrected chi connectivity index (χ4v) is 3.44. The maximum atomic E-state index is 5.92. The van der Waals surface area contributed by atoms with Crippen LogP contribution in [0, 0.1) is 0 Å². The lowest BCUT2D eigenvalue weighted by Gasteiger charge is -2.11. The number of guanidine groups is 1. The van der Waals surface area contributed by atoms with E-state index in [0.717, 1.165) is 46.8 Å². The predicted molar refractivity (Wildman–Crippen MR) is 132 cm³/mol. The molecule has 3 aromatic rings. The zero-order chi connectivity index (χ0) is 19.6. The third-order valence-corrected chi connectivity index (χ3v) is 5.12. The Labute approximate surface area is 197 Å². The van der Waals surface area contributed by atoms with Crippen LogP contribution in [-0.4, -0.2) is 40.0 Å². The van der Waals surface area contributed by atoms with E-state index < -0.39 is 0 Å². The molecule has 0 aliphatic carbocycles. The van der Waals surface area contributed by atoms with Gasteiger partial charge in [-0.25, -0.2) is 9.98 Å². The minimum atomic E-state index is 0. The summed E-state index contributed by atoms with van der Waals surface area (Å²) in [5, 5.41) is 14.2. The van der Waals surface area contributed by atoms with Gasteiger partial charge in [0, 0.05) is 34.3 Å². The van der Waals surface area contributed by atoms with Crippen LogP contribution in [0.1, 0.15) is 12.5 Å². The summed E-state index contributed by atoms with van der Waals surface area (Å²) < 4.78 is 0. The van der Waals surface area contributed by atoms with Gasteiger partial charge in [-0.3, -0.25) is 5.10 Å². The van der Waals surface area contributed by atoms with Crippen LogP contribution in [-0.2, 0) is 6.54 Å². The molecule has 3 rings (SSSR count). The van der Waals surface area contributed by atoms with Crippen molar-refractivity contribution in [3.05, 3.63) is 65.4 Å². The van der Waals surface area contributed by atoms with Crippen LogP contribution in [0.4, 0.5) is 0 Å². The topological polar surface area (TPSA) is 78.0 Å². The Morgan fingerprint density at radius 1 is 1.17 bits per heavy atom. The summed E-state index contributed by atoms with van der Waals surface area (Å²) in [6.45, 7) is 4.28. The second-order valence-electron chi connectivity index (χ2n) is 5.96. The third kappa shape index (κ3) is 7.87. The van der Waals surface area contributed by atoms with E-state index in [-0.39, 0.29) is 24.0 Å². The number of benzene rings is 2. The molecule has 0 bridgehead atoms. The van der Waals surface area contributed by atoms with Crippen molar-refractivity contribution in [2.24, 2.45) is 4.99 Å². The summed E-state index contributed by atoms with van der Waals surface area (Å²) in [5.74, 6) is 2.51. The second kappa shape index (κ2) is 12.7. The summed E-state index contributed by atoms with van der Waals surface area (Å²) in [6.07, 6.45) is 1.51. The van der Waals surface area contributed by atoms with Gasteiger partial charge in [0.2, 0.25) is 0 Å². The van der Waals surface area contributed by atoms with E-state index in [9.17, 15) is 0 Å². The highest BCUT2D eigenvalue weighted by atomic mass is 127. The van der Waals surface area contributed by atoms with E-state index in [4.69, 9.17) is 11.6 Å². The SMILES string of the molecule is CCNC(=NCc1cccc(-c2ncn[nH]2)c1)NCCSc1ccc(Cl)cc1.I. The molecule has 0 aliphatic rings. The number of aliphatic imine (C=N–C) groups is 1. The first kappa shape index (κ1) is 23.5. The second-order valence-corrected chi connectivity index (χ2v) is 7.56. The lowest BCUT2D eigenvalue weighted by Crippen LogP contribution is -2.38. The Balaban J connectivity index is 0.00000300. The highest BCUT2D eigenvalue weighted by Gasteiger charge is 2.03. The fourth-order valence-electron chi connectivity index (χ4n) is 2.54. The molecule has 3 N–H and O–H groups in total. The van der Waals surface area contributed by atoms with Gasteiger partial charge in [-0.1, -0.05) is 29.8 Å². The van der Waals surface area contributed by atoms with Gasteiger partial charge in [0.1, 0.15) is 6.33 Å². The quantitative estimate of drug-likeness (QED) is 0.128. The van der Waals surface area contributed by atoms with Gasteiger partial charge in [0.25, 0.3) is 0 Å². The Kier molecular flexibility index (Phi) is 10.3. The molecular weight excluding hydrogens is 519 g/mol. The molecule has 0 spiro atoms. The standard InChI is InChI=1S/C20H23ClN6S.HI/c1-2-22-20(23-10-11-28-18-8-6-17(21)7-9-18)24-13-15-4-3-5-16(12-15)19-25-14-26-27-19;/h3-9,12,14H,2,10-11,13H2,1H3,(H2,22,23,24)(H,25,26,27);1H. The highest BCUT2D eigenvalue weighted by Crippen LogP contribution is 2.19. The molecule has 6 nitrogen and oxygen atoms in total. The lowest BCUT2D eigenvalue weighted by molar-refractivity contribution is 0.843. The molecule has 154 valence electrons. The van der Waals surface area contributed by atoms with E-state index in [1.54, 1.807) is 11.8 Å². The van der Waals surface area contributed by atoms with Crippen molar-refractivity contribution >= 4 is 53.3 Å². The summed E-state index contributed by atoms with van der Waals surface area (Å²) in [7, 11) is 0. The summed E-state index contributed by atoms with van der Waals surface area (Å²) in [4.78, 5) is 10.1. The third-order valence-electron chi connectivity index (χ3n) is 3.86. The molecule has 0 atom stereocenters. The molecule has 1 aromatic heterocycles. The van der Waals surface area contributed by atoms with E-state index in [1.807, 2.05) is 36.4 Å². The molecule has 0 fully saturated rings. The number of aromatic amines is 1. The van der Waals surface area contributed by atoms with Crippen molar-refractivity contribution in [3.8, 4) is 11.4 Å². The van der Waals surface area contributed by atoms with E-state index in [0.29, 0.717) is 6.54 Å². The Morgan fingerprint density at radius 3 is 2.72 bits per heavy atom. The normalized spacial score (nSPS) is 11.0. The van der Waals surface area contributed by atoms with Gasteiger partial charge >= 0.3 is 0 Å². The van der Waals surface area contributed by atoms with Crippen molar-refractivity contribution < 1.29 is 0 Å². The van der Waals surface area contributed by atoms with Gasteiger partial charge in [-0.2, -0.15) is 5.10 Å². The molecule has 1 heterocycles. The number of thioether (sulfide) groups is 1. The number of rotatable bonds is 8. The molecule has 0 saturated carbocycles. The molecule has 0 aliphatic heterocycles. The maximum Gasteiger partial charge on any atom is 0.191 e. The number of halogens is 2. The Bertz CT molecular complexity index is 886. The molecule has 29 heavy (non-hydrogen) atoms. The van der Waals surface area contributed by atoms with Crippen LogP contribution < -0.4 is 10.6 Å². The zero-order valence-electron chi connectivity index (χ0n) is 16.1. The maximum absolute atomic E-state index is 5.92. The molecular formula is C20H24ClIN6S. The number of H-pyrrole nitrogens is 1. The van der Waals surface area contributed by atoms with Crippen LogP contribution in [0.3, 0.4) is 0 Å². The van der Waals surface area contributed by atoms with Crippen molar-refractivity contribution in [2.75, 3.05) is 18.8 Å². The fraction of sp³-hybridized carbons (Fsp3) is 0.250. The van der Waals surface area contributed by atoms with E-state index in [2.05, 4.69) is 49.9 Å². The molecule has 2 aromatic carbocycles. The van der Waals surface area contributed by atoms with E-state index in [1.165, 1.54) is 11.2 Å². The largest absolute Gasteiger partial charge is 0.357 e. The van der Waals surface area contributed by atoms with Crippen molar-refractivity contribution in [1.82, 2.24) is 25.8 Å². The van der Waals surface area contributed by atoms with Crippen LogP contribution in [0.25, 0.3) is 11.4 Å². The highest BCUT2D eigenvalue weighted by molar-refractivity contribution is 14.0. The molecule has 0 radical (unpaired) electrons. The van der Waals surface area contributed by atoms with Gasteiger partial charge in [0.05, 0.1) is 6.54 Å². The molecule has 0 saturated heterocycles. The zero-order valence-corrected chi connectivity index (χ0v) is 20.0. The van der Waals surface area contributed by atoms with Crippen molar-refractivity contribution in [1.29, 1.82) is 0 Å². The van der Waals surface area contributed by atoms with Crippen LogP contribution >= 0.6 is 47.3 Å². The predicted octanol–water partition coefficient (Wildman–Crippen LogP) is 4.59. The van der Waals surface area contributed by atoms with Crippen molar-refractivity contribution in [2.45, 2.75) is 18.4 Å². The van der Waals surface area contributed by atoms with Crippen LogP contribution in [0.15, 0.2) is 64.7 Å². The number of nitrogens with zero attached hydrogens (tertiary/aromatic N) is 3. The lowest BCUT2D eigenvalue weighted by atomic mass is 10.1. The Hall–Kier alpha value is -1.78. The molecule has 0 unspecified atom stereocenters. The average Bonchev–Trinajstić information content (AvgIpc) is 3.26.